The van der Waals surface area contributed by atoms with Crippen molar-refractivity contribution in [1.29, 1.82) is 0 Å². The van der Waals surface area contributed by atoms with Crippen LogP contribution in [0.3, 0.4) is 0 Å². The number of piperazine rings is 1. The van der Waals surface area contributed by atoms with E-state index in [1.807, 2.05) is 43.3 Å². The van der Waals surface area contributed by atoms with E-state index in [9.17, 15) is 0 Å². The summed E-state index contributed by atoms with van der Waals surface area (Å²) in [4.78, 5) is 12.1. The van der Waals surface area contributed by atoms with Crippen LogP contribution in [-0.4, -0.2) is 34.5 Å². The summed E-state index contributed by atoms with van der Waals surface area (Å²) in [6.45, 7) is 5.72. The molecule has 2 aromatic carbocycles. The summed E-state index contributed by atoms with van der Waals surface area (Å²) >= 11 is 6.20. The molecule has 2 heterocycles. The van der Waals surface area contributed by atoms with Crippen molar-refractivity contribution in [3.63, 3.8) is 0 Å². The molecule has 0 saturated carbocycles. The first-order valence-corrected chi connectivity index (χ1v) is 9.01. The molecule has 1 N–H and O–H groups in total. The predicted molar refractivity (Wildman–Crippen MR) is 109 cm³/mol. The fourth-order valence-corrected chi connectivity index (χ4v) is 3.64. The molecule has 0 radical (unpaired) electrons. The maximum atomic E-state index is 6.20. The zero-order chi connectivity index (χ0) is 17.2. The van der Waals surface area contributed by atoms with E-state index >= 15 is 0 Å². The van der Waals surface area contributed by atoms with Gasteiger partial charge in [0.05, 0.1) is 22.4 Å². The Labute approximate surface area is 165 Å². The number of nitrogens with one attached hydrogen (secondary N) is 1. The second-order valence-corrected chi connectivity index (χ2v) is 6.93. The van der Waals surface area contributed by atoms with Crippen molar-refractivity contribution in [3.8, 4) is 0 Å². The Balaban J connectivity index is 0.00000196. The second kappa shape index (κ2) is 8.31. The number of fused-ring (bicyclic) bond motifs is 1. The summed E-state index contributed by atoms with van der Waals surface area (Å²) in [5.41, 5.74) is 5.20. The Bertz CT molecular complexity index is 900. The molecule has 1 unspecified atom stereocenters. The van der Waals surface area contributed by atoms with Crippen LogP contribution < -0.4 is 5.32 Å². The number of nitrogens with zero attached hydrogens (tertiary/aromatic N) is 3. The largest absolute Gasteiger partial charge is 0.314 e. The molecule has 0 bridgehead atoms. The van der Waals surface area contributed by atoms with Crippen LogP contribution in [-0.2, 0) is 6.54 Å². The standard InChI is InChI=1S/C20H21ClN4.ClH/c1-14-19(24-18-8-3-2-7-17(18)23-14)13-25-10-9-22-12-20(25)15-5-4-6-16(21)11-15;/h2-8,11,20,22H,9-10,12-13H2,1H3;1H. The molecule has 136 valence electrons. The van der Waals surface area contributed by atoms with E-state index in [0.717, 1.165) is 53.6 Å². The molecule has 0 spiro atoms. The Morgan fingerprint density at radius 1 is 1.12 bits per heavy atom. The van der Waals surface area contributed by atoms with Gasteiger partial charge in [-0.1, -0.05) is 35.9 Å². The molecule has 1 aliphatic rings. The molecule has 1 aromatic heterocycles. The van der Waals surface area contributed by atoms with E-state index in [1.54, 1.807) is 0 Å². The molecule has 1 saturated heterocycles. The SMILES string of the molecule is Cc1nc2ccccc2nc1CN1CCNCC1c1cccc(Cl)c1.Cl. The molecule has 26 heavy (non-hydrogen) atoms. The van der Waals surface area contributed by atoms with Crippen LogP contribution in [0, 0.1) is 6.92 Å². The third-order valence-electron chi connectivity index (χ3n) is 4.78. The van der Waals surface area contributed by atoms with Gasteiger partial charge in [-0.05, 0) is 36.8 Å². The van der Waals surface area contributed by atoms with Crippen LogP contribution in [0.1, 0.15) is 23.0 Å². The van der Waals surface area contributed by atoms with Gasteiger partial charge in [-0.25, -0.2) is 9.97 Å². The average Bonchev–Trinajstić information content (AvgIpc) is 2.63. The topological polar surface area (TPSA) is 41.1 Å². The smallest absolute Gasteiger partial charge is 0.0890 e. The number of para-hydroxylation sites is 2. The Hall–Kier alpha value is -1.72. The van der Waals surface area contributed by atoms with Crippen LogP contribution in [0.5, 0.6) is 0 Å². The molecule has 1 fully saturated rings. The Morgan fingerprint density at radius 2 is 1.88 bits per heavy atom. The monoisotopic (exact) mass is 388 g/mol. The zero-order valence-electron chi connectivity index (χ0n) is 14.7. The predicted octanol–water partition coefficient (Wildman–Crippen LogP) is 4.16. The van der Waals surface area contributed by atoms with Crippen molar-refractivity contribution >= 4 is 35.0 Å². The van der Waals surface area contributed by atoms with Gasteiger partial charge in [-0.2, -0.15) is 0 Å². The van der Waals surface area contributed by atoms with Crippen molar-refractivity contribution in [2.24, 2.45) is 0 Å². The number of halogens is 2. The lowest BCUT2D eigenvalue weighted by Crippen LogP contribution is -2.45. The number of rotatable bonds is 3. The summed E-state index contributed by atoms with van der Waals surface area (Å²) in [6, 6.07) is 16.5. The minimum atomic E-state index is 0. The van der Waals surface area contributed by atoms with Gasteiger partial charge in [0.25, 0.3) is 0 Å². The van der Waals surface area contributed by atoms with E-state index in [1.165, 1.54) is 5.56 Å². The molecular weight excluding hydrogens is 367 g/mol. The maximum absolute atomic E-state index is 6.20. The van der Waals surface area contributed by atoms with E-state index in [2.05, 4.69) is 22.3 Å². The fraction of sp³-hybridized carbons (Fsp3) is 0.300. The third kappa shape index (κ3) is 3.99. The molecule has 4 rings (SSSR count). The van der Waals surface area contributed by atoms with Gasteiger partial charge in [-0.3, -0.25) is 4.90 Å². The lowest BCUT2D eigenvalue weighted by atomic mass is 10.0. The summed E-state index contributed by atoms with van der Waals surface area (Å²) < 4.78 is 0. The Kier molecular flexibility index (Phi) is 6.09. The Morgan fingerprint density at radius 3 is 2.65 bits per heavy atom. The van der Waals surface area contributed by atoms with Gasteiger partial charge in [-0.15, -0.1) is 12.4 Å². The van der Waals surface area contributed by atoms with E-state index in [0.29, 0.717) is 6.04 Å². The van der Waals surface area contributed by atoms with Crippen LogP contribution in [0.4, 0.5) is 0 Å². The number of benzene rings is 2. The van der Waals surface area contributed by atoms with E-state index < -0.39 is 0 Å². The van der Waals surface area contributed by atoms with Crippen molar-refractivity contribution in [3.05, 3.63) is 70.5 Å². The first-order chi connectivity index (χ1) is 12.2. The van der Waals surface area contributed by atoms with Gasteiger partial charge >= 0.3 is 0 Å². The second-order valence-electron chi connectivity index (χ2n) is 6.49. The number of aryl methyl sites for hydroxylation is 1. The molecule has 6 heteroatoms. The molecular formula is C20H22Cl2N4. The molecule has 0 aliphatic carbocycles. The molecule has 0 amide bonds. The summed E-state index contributed by atoms with van der Waals surface area (Å²) in [6.07, 6.45) is 0. The highest BCUT2D eigenvalue weighted by Crippen LogP contribution is 2.26. The summed E-state index contributed by atoms with van der Waals surface area (Å²) in [5, 5.41) is 4.27. The summed E-state index contributed by atoms with van der Waals surface area (Å²) in [5.74, 6) is 0. The van der Waals surface area contributed by atoms with Crippen LogP contribution >= 0.6 is 24.0 Å². The molecule has 4 nitrogen and oxygen atoms in total. The van der Waals surface area contributed by atoms with Gasteiger partial charge in [0.15, 0.2) is 0 Å². The fourth-order valence-electron chi connectivity index (χ4n) is 3.45. The van der Waals surface area contributed by atoms with Crippen molar-refractivity contribution in [1.82, 2.24) is 20.2 Å². The highest BCUT2D eigenvalue weighted by Gasteiger charge is 2.25. The van der Waals surface area contributed by atoms with E-state index in [4.69, 9.17) is 21.6 Å². The van der Waals surface area contributed by atoms with Gasteiger partial charge < -0.3 is 5.32 Å². The normalized spacial score (nSPS) is 17.8. The van der Waals surface area contributed by atoms with Gasteiger partial charge in [0.1, 0.15) is 0 Å². The molecule has 1 aliphatic heterocycles. The lowest BCUT2D eigenvalue weighted by Gasteiger charge is -2.36. The average molecular weight is 389 g/mol. The van der Waals surface area contributed by atoms with Crippen molar-refractivity contribution < 1.29 is 0 Å². The quantitative estimate of drug-likeness (QED) is 0.731. The first-order valence-electron chi connectivity index (χ1n) is 8.63. The minimum absolute atomic E-state index is 0. The van der Waals surface area contributed by atoms with Gasteiger partial charge in [0, 0.05) is 37.2 Å². The van der Waals surface area contributed by atoms with Crippen LogP contribution in [0.2, 0.25) is 5.02 Å². The minimum Gasteiger partial charge on any atom is -0.314 e. The lowest BCUT2D eigenvalue weighted by molar-refractivity contribution is 0.151. The number of hydrogen-bond donors (Lipinski definition) is 1. The highest BCUT2D eigenvalue weighted by molar-refractivity contribution is 6.30. The maximum Gasteiger partial charge on any atom is 0.0890 e. The third-order valence-corrected chi connectivity index (χ3v) is 5.02. The molecule has 1 atom stereocenters. The molecule has 3 aromatic rings. The first kappa shape index (κ1) is 19.1. The van der Waals surface area contributed by atoms with Crippen molar-refractivity contribution in [2.75, 3.05) is 19.6 Å². The van der Waals surface area contributed by atoms with Gasteiger partial charge in [0.2, 0.25) is 0 Å². The highest BCUT2D eigenvalue weighted by atomic mass is 35.5. The van der Waals surface area contributed by atoms with Crippen LogP contribution in [0.25, 0.3) is 11.0 Å². The number of hydrogen-bond acceptors (Lipinski definition) is 4. The van der Waals surface area contributed by atoms with Crippen LogP contribution in [0.15, 0.2) is 48.5 Å². The zero-order valence-corrected chi connectivity index (χ0v) is 16.2. The number of aromatic nitrogens is 2. The van der Waals surface area contributed by atoms with E-state index in [-0.39, 0.29) is 12.4 Å². The van der Waals surface area contributed by atoms with Crippen molar-refractivity contribution in [2.45, 2.75) is 19.5 Å². The summed E-state index contributed by atoms with van der Waals surface area (Å²) in [7, 11) is 0.